The fourth-order valence-corrected chi connectivity index (χ4v) is 2.03. The Hall–Kier alpha value is -2.10. The molecule has 0 atom stereocenters. The standard InChI is InChI=1S/C16H17FO3/c1-3-11(4-2)19-14-7-5-6-13(17)16(14)15-9-8-12(10-18)20-15/h5-11H,3-4H2,1-2H3. The van der Waals surface area contributed by atoms with Crippen LogP contribution in [0.15, 0.2) is 34.7 Å². The number of hydrogen-bond donors (Lipinski definition) is 0. The molecule has 0 aliphatic carbocycles. The Morgan fingerprint density at radius 2 is 2.00 bits per heavy atom. The highest BCUT2D eigenvalue weighted by Gasteiger charge is 2.17. The van der Waals surface area contributed by atoms with Crippen LogP contribution in [0.4, 0.5) is 4.39 Å². The minimum absolute atomic E-state index is 0.0241. The summed E-state index contributed by atoms with van der Waals surface area (Å²) < 4.78 is 25.2. The number of ether oxygens (including phenoxy) is 1. The summed E-state index contributed by atoms with van der Waals surface area (Å²) in [5.41, 5.74) is 0.257. The van der Waals surface area contributed by atoms with Gasteiger partial charge in [0.15, 0.2) is 12.0 Å². The van der Waals surface area contributed by atoms with Crippen molar-refractivity contribution in [2.45, 2.75) is 32.8 Å². The van der Waals surface area contributed by atoms with Crippen molar-refractivity contribution in [1.82, 2.24) is 0 Å². The van der Waals surface area contributed by atoms with Crippen LogP contribution in [0.5, 0.6) is 5.75 Å². The third-order valence-corrected chi connectivity index (χ3v) is 3.17. The molecule has 4 heteroatoms. The molecular weight excluding hydrogens is 259 g/mol. The van der Waals surface area contributed by atoms with E-state index in [0.29, 0.717) is 17.8 Å². The molecule has 0 N–H and O–H groups in total. The molecule has 3 nitrogen and oxygen atoms in total. The minimum atomic E-state index is -0.430. The smallest absolute Gasteiger partial charge is 0.185 e. The van der Waals surface area contributed by atoms with Gasteiger partial charge in [-0.05, 0) is 37.1 Å². The first-order chi connectivity index (χ1) is 9.69. The number of rotatable bonds is 6. The molecule has 1 aromatic carbocycles. The van der Waals surface area contributed by atoms with E-state index in [9.17, 15) is 9.18 Å². The first-order valence-corrected chi connectivity index (χ1v) is 6.70. The van der Waals surface area contributed by atoms with Crippen LogP contribution in [-0.2, 0) is 0 Å². The summed E-state index contributed by atoms with van der Waals surface area (Å²) >= 11 is 0. The van der Waals surface area contributed by atoms with Gasteiger partial charge in [-0.15, -0.1) is 0 Å². The molecule has 2 aromatic rings. The molecule has 0 unspecified atom stereocenters. The first-order valence-electron chi connectivity index (χ1n) is 6.70. The number of hydrogen-bond acceptors (Lipinski definition) is 3. The van der Waals surface area contributed by atoms with E-state index in [1.54, 1.807) is 18.2 Å². The highest BCUT2D eigenvalue weighted by atomic mass is 19.1. The van der Waals surface area contributed by atoms with E-state index >= 15 is 0 Å². The number of carbonyl (C=O) groups is 1. The topological polar surface area (TPSA) is 39.4 Å². The largest absolute Gasteiger partial charge is 0.490 e. The molecule has 0 fully saturated rings. The predicted molar refractivity (Wildman–Crippen MR) is 74.5 cm³/mol. The van der Waals surface area contributed by atoms with Crippen LogP contribution in [0, 0.1) is 5.82 Å². The van der Waals surface area contributed by atoms with E-state index in [0.717, 1.165) is 12.8 Å². The third-order valence-electron chi connectivity index (χ3n) is 3.17. The molecule has 0 radical (unpaired) electrons. The first kappa shape index (κ1) is 14.3. The number of halogens is 1. The van der Waals surface area contributed by atoms with E-state index < -0.39 is 5.82 Å². The van der Waals surface area contributed by atoms with Crippen LogP contribution in [0.25, 0.3) is 11.3 Å². The maximum Gasteiger partial charge on any atom is 0.185 e. The molecule has 1 aromatic heterocycles. The molecule has 106 valence electrons. The van der Waals surface area contributed by atoms with Crippen molar-refractivity contribution in [3.63, 3.8) is 0 Å². The zero-order chi connectivity index (χ0) is 14.5. The van der Waals surface area contributed by atoms with Gasteiger partial charge in [0.1, 0.15) is 17.3 Å². The lowest BCUT2D eigenvalue weighted by molar-refractivity contribution is 0.110. The number of carbonyl (C=O) groups excluding carboxylic acids is 1. The van der Waals surface area contributed by atoms with Gasteiger partial charge in [-0.2, -0.15) is 0 Å². The Labute approximate surface area is 117 Å². The van der Waals surface area contributed by atoms with Gasteiger partial charge >= 0.3 is 0 Å². The Kier molecular flexibility index (Phi) is 4.56. The van der Waals surface area contributed by atoms with Crippen LogP contribution >= 0.6 is 0 Å². The van der Waals surface area contributed by atoms with E-state index in [2.05, 4.69) is 0 Å². The van der Waals surface area contributed by atoms with Gasteiger partial charge in [-0.1, -0.05) is 19.9 Å². The van der Waals surface area contributed by atoms with Crippen molar-refractivity contribution in [3.8, 4) is 17.1 Å². The van der Waals surface area contributed by atoms with Crippen LogP contribution in [-0.4, -0.2) is 12.4 Å². The second-order valence-electron chi connectivity index (χ2n) is 4.49. The van der Waals surface area contributed by atoms with Gasteiger partial charge in [0.05, 0.1) is 11.7 Å². The maximum absolute atomic E-state index is 14.1. The Morgan fingerprint density at radius 3 is 2.60 bits per heavy atom. The monoisotopic (exact) mass is 276 g/mol. The average Bonchev–Trinajstić information content (AvgIpc) is 2.93. The molecule has 0 bridgehead atoms. The van der Waals surface area contributed by atoms with Crippen LogP contribution in [0.2, 0.25) is 0 Å². The normalized spacial score (nSPS) is 10.8. The lowest BCUT2D eigenvalue weighted by Crippen LogP contribution is -2.14. The molecule has 0 aliphatic rings. The van der Waals surface area contributed by atoms with Crippen molar-refractivity contribution in [2.24, 2.45) is 0 Å². The van der Waals surface area contributed by atoms with Crippen molar-refractivity contribution < 1.29 is 18.3 Å². The van der Waals surface area contributed by atoms with Gasteiger partial charge in [0, 0.05) is 0 Å². The Balaban J connectivity index is 2.42. The lowest BCUT2D eigenvalue weighted by Gasteiger charge is -2.18. The molecular formula is C16H17FO3. The Morgan fingerprint density at radius 1 is 1.25 bits per heavy atom. The predicted octanol–water partition coefficient (Wildman–Crippen LogP) is 4.47. The summed E-state index contributed by atoms with van der Waals surface area (Å²) in [6.45, 7) is 4.04. The zero-order valence-corrected chi connectivity index (χ0v) is 11.6. The highest BCUT2D eigenvalue weighted by molar-refractivity contribution is 5.74. The third kappa shape index (κ3) is 2.90. The van der Waals surface area contributed by atoms with Gasteiger partial charge in [0.2, 0.25) is 0 Å². The summed E-state index contributed by atoms with van der Waals surface area (Å²) in [6, 6.07) is 7.73. The highest BCUT2D eigenvalue weighted by Crippen LogP contribution is 2.34. The molecule has 20 heavy (non-hydrogen) atoms. The average molecular weight is 276 g/mol. The maximum atomic E-state index is 14.1. The van der Waals surface area contributed by atoms with Crippen molar-refractivity contribution in [2.75, 3.05) is 0 Å². The summed E-state index contributed by atoms with van der Waals surface area (Å²) in [4.78, 5) is 10.7. The van der Waals surface area contributed by atoms with Gasteiger partial charge in [-0.3, -0.25) is 4.79 Å². The van der Waals surface area contributed by atoms with E-state index in [-0.39, 0.29) is 17.4 Å². The zero-order valence-electron chi connectivity index (χ0n) is 11.6. The van der Waals surface area contributed by atoms with Gasteiger partial charge < -0.3 is 9.15 Å². The van der Waals surface area contributed by atoms with Gasteiger partial charge in [0.25, 0.3) is 0 Å². The lowest BCUT2D eigenvalue weighted by atomic mass is 10.1. The van der Waals surface area contributed by atoms with E-state index in [4.69, 9.17) is 9.15 Å². The molecule has 1 heterocycles. The van der Waals surface area contributed by atoms with Crippen LogP contribution in [0.3, 0.4) is 0 Å². The van der Waals surface area contributed by atoms with Crippen molar-refractivity contribution in [1.29, 1.82) is 0 Å². The molecule has 0 amide bonds. The second-order valence-corrected chi connectivity index (χ2v) is 4.49. The van der Waals surface area contributed by atoms with Gasteiger partial charge in [-0.25, -0.2) is 4.39 Å². The fourth-order valence-electron chi connectivity index (χ4n) is 2.03. The summed E-state index contributed by atoms with van der Waals surface area (Å²) in [5.74, 6) is 0.466. The SMILES string of the molecule is CCC(CC)Oc1cccc(F)c1-c1ccc(C=O)o1. The van der Waals surface area contributed by atoms with Crippen LogP contribution < -0.4 is 4.74 Å². The summed E-state index contributed by atoms with van der Waals surface area (Å²) in [6.07, 6.45) is 2.29. The molecule has 0 saturated heterocycles. The molecule has 0 saturated carbocycles. The van der Waals surface area contributed by atoms with Crippen molar-refractivity contribution >= 4 is 6.29 Å². The summed E-state index contributed by atoms with van der Waals surface area (Å²) in [7, 11) is 0. The Bertz CT molecular complexity index is 585. The van der Waals surface area contributed by atoms with E-state index in [1.807, 2.05) is 13.8 Å². The number of furan rings is 1. The summed E-state index contributed by atoms with van der Waals surface area (Å²) in [5, 5.41) is 0. The van der Waals surface area contributed by atoms with Crippen LogP contribution in [0.1, 0.15) is 37.2 Å². The minimum Gasteiger partial charge on any atom is -0.490 e. The molecule has 0 aliphatic heterocycles. The van der Waals surface area contributed by atoms with E-state index in [1.165, 1.54) is 12.1 Å². The molecule has 0 spiro atoms. The quantitative estimate of drug-likeness (QED) is 0.731. The fraction of sp³-hybridized carbons (Fsp3) is 0.312. The molecule has 2 rings (SSSR count). The second kappa shape index (κ2) is 6.37. The number of aldehydes is 1. The number of benzene rings is 1. The van der Waals surface area contributed by atoms with Crippen molar-refractivity contribution in [3.05, 3.63) is 41.9 Å².